The fourth-order valence-electron chi connectivity index (χ4n) is 2.95. The SMILES string of the molecule is CN1CC(CC(F)(F)F)CC(NC(=O)OCc2ccccc2)C1. The molecule has 1 saturated heterocycles. The van der Waals surface area contributed by atoms with Gasteiger partial charge in [0, 0.05) is 25.6 Å². The fourth-order valence-corrected chi connectivity index (χ4v) is 2.95. The van der Waals surface area contributed by atoms with Gasteiger partial charge in [-0.25, -0.2) is 4.79 Å². The number of carbonyl (C=O) groups is 1. The number of nitrogens with one attached hydrogen (secondary N) is 1. The number of likely N-dealkylation sites (N-methyl/N-ethyl adjacent to an activating group) is 1. The van der Waals surface area contributed by atoms with E-state index in [1.807, 2.05) is 35.2 Å². The molecule has 2 unspecified atom stereocenters. The van der Waals surface area contributed by atoms with Crippen molar-refractivity contribution in [2.45, 2.75) is 31.7 Å². The van der Waals surface area contributed by atoms with Gasteiger partial charge >= 0.3 is 12.3 Å². The number of alkyl halides is 3. The van der Waals surface area contributed by atoms with E-state index in [1.165, 1.54) is 0 Å². The highest BCUT2D eigenvalue weighted by Crippen LogP contribution is 2.29. The van der Waals surface area contributed by atoms with Gasteiger partial charge in [-0.2, -0.15) is 13.2 Å². The Kier molecular flexibility index (Phi) is 5.87. The van der Waals surface area contributed by atoms with Gasteiger partial charge < -0.3 is 15.0 Å². The van der Waals surface area contributed by atoms with Crippen molar-refractivity contribution in [1.82, 2.24) is 10.2 Å². The molecule has 0 aliphatic carbocycles. The van der Waals surface area contributed by atoms with Crippen LogP contribution in [0.15, 0.2) is 30.3 Å². The summed E-state index contributed by atoms with van der Waals surface area (Å²) in [4.78, 5) is 13.6. The molecule has 0 aromatic heterocycles. The lowest BCUT2D eigenvalue weighted by molar-refractivity contribution is -0.148. The van der Waals surface area contributed by atoms with Crippen molar-refractivity contribution in [3.8, 4) is 0 Å². The molecule has 1 amide bonds. The summed E-state index contributed by atoms with van der Waals surface area (Å²) in [7, 11) is 1.76. The average molecular weight is 330 g/mol. The highest BCUT2D eigenvalue weighted by atomic mass is 19.4. The van der Waals surface area contributed by atoms with Gasteiger partial charge in [-0.1, -0.05) is 30.3 Å². The van der Waals surface area contributed by atoms with Crippen molar-refractivity contribution >= 4 is 6.09 Å². The molecule has 128 valence electrons. The zero-order valence-electron chi connectivity index (χ0n) is 13.0. The molecule has 1 aliphatic rings. The molecule has 1 heterocycles. The molecule has 0 bridgehead atoms. The molecule has 2 atom stereocenters. The first kappa shape index (κ1) is 17.6. The minimum Gasteiger partial charge on any atom is -0.445 e. The van der Waals surface area contributed by atoms with Crippen LogP contribution >= 0.6 is 0 Å². The molecule has 0 radical (unpaired) electrons. The predicted molar refractivity (Wildman–Crippen MR) is 79.8 cm³/mol. The van der Waals surface area contributed by atoms with Crippen LogP contribution in [-0.2, 0) is 11.3 Å². The summed E-state index contributed by atoms with van der Waals surface area (Å²) in [6.45, 7) is 1.05. The van der Waals surface area contributed by atoms with Crippen LogP contribution in [0, 0.1) is 5.92 Å². The van der Waals surface area contributed by atoms with Crippen molar-refractivity contribution in [3.05, 3.63) is 35.9 Å². The van der Waals surface area contributed by atoms with Crippen LogP contribution in [0.2, 0.25) is 0 Å². The van der Waals surface area contributed by atoms with E-state index < -0.39 is 24.6 Å². The van der Waals surface area contributed by atoms with Crippen LogP contribution in [0.4, 0.5) is 18.0 Å². The van der Waals surface area contributed by atoms with Gasteiger partial charge in [0.15, 0.2) is 0 Å². The first-order valence-electron chi connectivity index (χ1n) is 7.54. The van der Waals surface area contributed by atoms with Crippen molar-refractivity contribution in [2.75, 3.05) is 20.1 Å². The van der Waals surface area contributed by atoms with Gasteiger partial charge in [0.1, 0.15) is 6.61 Å². The number of benzene rings is 1. The predicted octanol–water partition coefficient (Wildman–Crippen LogP) is 3.19. The summed E-state index contributed by atoms with van der Waals surface area (Å²) in [5.74, 6) is -0.506. The Morgan fingerprint density at radius 3 is 2.65 bits per heavy atom. The summed E-state index contributed by atoms with van der Waals surface area (Å²) in [6.07, 6.45) is -5.29. The Balaban J connectivity index is 1.80. The maximum absolute atomic E-state index is 12.5. The molecule has 1 N–H and O–H groups in total. The molecule has 0 saturated carbocycles. The Bertz CT molecular complexity index is 508. The number of ether oxygens (including phenoxy) is 1. The molecular formula is C16H21F3N2O2. The van der Waals surface area contributed by atoms with E-state index in [4.69, 9.17) is 4.74 Å². The third-order valence-electron chi connectivity index (χ3n) is 3.77. The second-order valence-electron chi connectivity index (χ2n) is 6.05. The van der Waals surface area contributed by atoms with Gasteiger partial charge in [0.25, 0.3) is 0 Å². The fraction of sp³-hybridized carbons (Fsp3) is 0.562. The summed E-state index contributed by atoms with van der Waals surface area (Å²) in [5.41, 5.74) is 0.860. The number of carbonyl (C=O) groups excluding carboxylic acids is 1. The summed E-state index contributed by atoms with van der Waals surface area (Å²) < 4.78 is 42.7. The minimum atomic E-state index is -4.18. The highest BCUT2D eigenvalue weighted by Gasteiger charge is 2.36. The summed E-state index contributed by atoms with van der Waals surface area (Å²) in [6, 6.07) is 8.89. The molecule has 1 aliphatic heterocycles. The van der Waals surface area contributed by atoms with Crippen molar-refractivity contribution in [3.63, 3.8) is 0 Å². The number of hydrogen-bond donors (Lipinski definition) is 1. The Hall–Kier alpha value is -1.76. The van der Waals surface area contributed by atoms with Gasteiger partial charge in [-0.3, -0.25) is 0 Å². The van der Waals surface area contributed by atoms with E-state index >= 15 is 0 Å². The van der Waals surface area contributed by atoms with Crippen LogP contribution in [-0.4, -0.2) is 43.3 Å². The molecule has 23 heavy (non-hydrogen) atoms. The Morgan fingerprint density at radius 1 is 1.30 bits per heavy atom. The van der Waals surface area contributed by atoms with Crippen molar-refractivity contribution in [1.29, 1.82) is 0 Å². The molecule has 2 rings (SSSR count). The second kappa shape index (κ2) is 7.68. The third kappa shape index (κ3) is 6.48. The standard InChI is InChI=1S/C16H21F3N2O2/c1-21-9-13(8-16(17,18)19)7-14(10-21)20-15(22)23-11-12-5-3-2-4-6-12/h2-6,13-14H,7-11H2,1H3,(H,20,22). The number of alkyl carbamates (subject to hydrolysis) is 1. The van der Waals surface area contributed by atoms with Gasteiger partial charge in [0.2, 0.25) is 0 Å². The van der Waals surface area contributed by atoms with Crippen LogP contribution in [0.25, 0.3) is 0 Å². The number of amides is 1. The summed E-state index contributed by atoms with van der Waals surface area (Å²) >= 11 is 0. The van der Waals surface area contributed by atoms with Crippen LogP contribution in [0.3, 0.4) is 0 Å². The zero-order chi connectivity index (χ0) is 16.9. The van der Waals surface area contributed by atoms with Crippen molar-refractivity contribution in [2.24, 2.45) is 5.92 Å². The second-order valence-corrected chi connectivity index (χ2v) is 6.05. The lowest BCUT2D eigenvalue weighted by atomic mass is 9.91. The van der Waals surface area contributed by atoms with E-state index in [0.29, 0.717) is 19.5 Å². The monoisotopic (exact) mass is 330 g/mol. The largest absolute Gasteiger partial charge is 0.445 e. The number of hydrogen-bond acceptors (Lipinski definition) is 3. The third-order valence-corrected chi connectivity index (χ3v) is 3.77. The van der Waals surface area contributed by atoms with Crippen LogP contribution in [0.5, 0.6) is 0 Å². The molecule has 1 fully saturated rings. The van der Waals surface area contributed by atoms with E-state index in [1.54, 1.807) is 7.05 Å². The maximum atomic E-state index is 12.5. The van der Waals surface area contributed by atoms with Gasteiger partial charge in [0.05, 0.1) is 0 Å². The minimum absolute atomic E-state index is 0.140. The smallest absolute Gasteiger partial charge is 0.407 e. The Labute approximate surface area is 133 Å². The topological polar surface area (TPSA) is 41.6 Å². The average Bonchev–Trinajstić information content (AvgIpc) is 2.43. The van der Waals surface area contributed by atoms with Crippen LogP contribution < -0.4 is 5.32 Å². The summed E-state index contributed by atoms with van der Waals surface area (Å²) in [5, 5.41) is 2.67. The van der Waals surface area contributed by atoms with E-state index in [0.717, 1.165) is 5.56 Å². The van der Waals surface area contributed by atoms with E-state index in [2.05, 4.69) is 5.32 Å². The number of rotatable bonds is 4. The molecular weight excluding hydrogens is 309 g/mol. The molecule has 7 heteroatoms. The quantitative estimate of drug-likeness (QED) is 0.922. The first-order chi connectivity index (χ1) is 10.8. The van der Waals surface area contributed by atoms with E-state index in [-0.39, 0.29) is 12.6 Å². The highest BCUT2D eigenvalue weighted by molar-refractivity contribution is 5.67. The van der Waals surface area contributed by atoms with Crippen LogP contribution in [0.1, 0.15) is 18.4 Å². The molecule has 4 nitrogen and oxygen atoms in total. The van der Waals surface area contributed by atoms with Gasteiger partial charge in [-0.05, 0) is 24.9 Å². The zero-order valence-corrected chi connectivity index (χ0v) is 13.0. The molecule has 0 spiro atoms. The first-order valence-corrected chi connectivity index (χ1v) is 7.54. The number of likely N-dealkylation sites (tertiary alicyclic amines) is 1. The maximum Gasteiger partial charge on any atom is 0.407 e. The number of piperidine rings is 1. The number of halogens is 3. The number of nitrogens with zero attached hydrogens (tertiary/aromatic N) is 1. The lowest BCUT2D eigenvalue weighted by Crippen LogP contribution is -2.50. The molecule has 1 aromatic carbocycles. The molecule has 1 aromatic rings. The normalized spacial score (nSPS) is 22.6. The van der Waals surface area contributed by atoms with Gasteiger partial charge in [-0.15, -0.1) is 0 Å². The van der Waals surface area contributed by atoms with Crippen molar-refractivity contribution < 1.29 is 22.7 Å². The lowest BCUT2D eigenvalue weighted by Gasteiger charge is -2.36. The van der Waals surface area contributed by atoms with E-state index in [9.17, 15) is 18.0 Å². The Morgan fingerprint density at radius 2 is 2.00 bits per heavy atom.